The Bertz CT molecular complexity index is 999. The molecular weight excluding hydrogens is 428 g/mol. The van der Waals surface area contributed by atoms with E-state index in [9.17, 15) is 4.79 Å². The van der Waals surface area contributed by atoms with Crippen LogP contribution in [0.4, 0.5) is 0 Å². The van der Waals surface area contributed by atoms with Crippen molar-refractivity contribution in [3.05, 3.63) is 54.2 Å². The second kappa shape index (κ2) is 11.1. The van der Waals surface area contributed by atoms with Crippen molar-refractivity contribution < 1.29 is 18.7 Å². The maximum Gasteiger partial charge on any atom is 0.230 e. The first-order valence-corrected chi connectivity index (χ1v) is 11.8. The minimum Gasteiger partial charge on any atom is -0.493 e. The molecule has 1 fully saturated rings. The van der Waals surface area contributed by atoms with Gasteiger partial charge in [0.15, 0.2) is 22.5 Å². The number of nitrogens with one attached hydrogen (secondary N) is 1. The second-order valence-electron chi connectivity index (χ2n) is 7.69. The third kappa shape index (κ3) is 5.85. The molecule has 0 bridgehead atoms. The summed E-state index contributed by atoms with van der Waals surface area (Å²) in [5.74, 6) is 3.02. The van der Waals surface area contributed by atoms with E-state index >= 15 is 0 Å². The predicted octanol–water partition coefficient (Wildman–Crippen LogP) is 4.05. The molecule has 8 nitrogen and oxygen atoms in total. The van der Waals surface area contributed by atoms with Crippen LogP contribution in [0.15, 0.2) is 52.2 Å². The van der Waals surface area contributed by atoms with Crippen molar-refractivity contribution in [2.24, 2.45) is 0 Å². The minimum absolute atomic E-state index is 0.0290. The number of rotatable bonds is 10. The van der Waals surface area contributed by atoms with Crippen molar-refractivity contribution >= 4 is 17.7 Å². The normalized spacial score (nSPS) is 14.3. The van der Waals surface area contributed by atoms with Gasteiger partial charge in [-0.1, -0.05) is 43.2 Å². The van der Waals surface area contributed by atoms with E-state index in [1.165, 1.54) is 31.0 Å². The van der Waals surface area contributed by atoms with Gasteiger partial charge in [0.1, 0.15) is 12.4 Å². The van der Waals surface area contributed by atoms with Gasteiger partial charge in [-0.25, -0.2) is 0 Å². The Morgan fingerprint density at radius 1 is 1.16 bits per heavy atom. The fraction of sp³-hybridized carbons (Fsp3) is 0.435. The van der Waals surface area contributed by atoms with Crippen molar-refractivity contribution in [3.8, 4) is 11.5 Å². The van der Waals surface area contributed by atoms with Crippen LogP contribution in [0.5, 0.6) is 11.5 Å². The quantitative estimate of drug-likeness (QED) is 0.460. The van der Waals surface area contributed by atoms with E-state index < -0.39 is 0 Å². The van der Waals surface area contributed by atoms with Gasteiger partial charge in [-0.15, -0.1) is 10.2 Å². The van der Waals surface area contributed by atoms with Crippen LogP contribution >= 0.6 is 11.8 Å². The number of furan rings is 1. The highest BCUT2D eigenvalue weighted by atomic mass is 32.2. The summed E-state index contributed by atoms with van der Waals surface area (Å²) in [6.45, 7) is 0.667. The molecule has 4 rings (SSSR count). The van der Waals surface area contributed by atoms with Gasteiger partial charge >= 0.3 is 0 Å². The largest absolute Gasteiger partial charge is 0.493 e. The predicted molar refractivity (Wildman–Crippen MR) is 121 cm³/mol. The number of hydrogen-bond donors (Lipinski definition) is 1. The summed E-state index contributed by atoms with van der Waals surface area (Å²) in [7, 11) is 1.61. The van der Waals surface area contributed by atoms with Gasteiger partial charge in [0.2, 0.25) is 5.91 Å². The molecule has 1 amide bonds. The van der Waals surface area contributed by atoms with Gasteiger partial charge in [-0.3, -0.25) is 9.36 Å². The van der Waals surface area contributed by atoms with Crippen LogP contribution < -0.4 is 14.8 Å². The van der Waals surface area contributed by atoms with Gasteiger partial charge < -0.3 is 19.2 Å². The third-order valence-corrected chi connectivity index (χ3v) is 6.38. The Morgan fingerprint density at radius 3 is 2.72 bits per heavy atom. The average Bonchev–Trinajstić information content (AvgIpc) is 3.47. The lowest BCUT2D eigenvalue weighted by Gasteiger charge is -2.22. The molecule has 0 aliphatic heterocycles. The van der Waals surface area contributed by atoms with Crippen molar-refractivity contribution in [3.63, 3.8) is 0 Å². The van der Waals surface area contributed by atoms with E-state index in [-0.39, 0.29) is 12.5 Å². The molecular formula is C23H28N4O4S. The van der Waals surface area contributed by atoms with E-state index in [0.717, 1.165) is 18.6 Å². The van der Waals surface area contributed by atoms with E-state index in [4.69, 9.17) is 13.9 Å². The number of benzene rings is 1. The summed E-state index contributed by atoms with van der Waals surface area (Å²) in [4.78, 5) is 12.5. The molecule has 9 heteroatoms. The summed E-state index contributed by atoms with van der Waals surface area (Å²) in [5, 5.41) is 12.4. The van der Waals surface area contributed by atoms with Crippen LogP contribution in [0.2, 0.25) is 0 Å². The smallest absolute Gasteiger partial charge is 0.230 e. The Labute approximate surface area is 191 Å². The molecule has 1 aromatic carbocycles. The summed E-state index contributed by atoms with van der Waals surface area (Å²) < 4.78 is 18.7. The number of amides is 1. The number of aromatic nitrogens is 3. The summed E-state index contributed by atoms with van der Waals surface area (Å²) in [6.07, 6.45) is 7.40. The number of carbonyl (C=O) groups excluding carboxylic acids is 1. The number of nitrogens with zero attached hydrogens (tertiary/aromatic N) is 3. The van der Waals surface area contributed by atoms with E-state index in [1.54, 1.807) is 13.4 Å². The summed E-state index contributed by atoms with van der Waals surface area (Å²) in [5.41, 5.74) is 0. The van der Waals surface area contributed by atoms with Crippen LogP contribution in [0, 0.1) is 0 Å². The highest BCUT2D eigenvalue weighted by Crippen LogP contribution is 2.27. The molecule has 32 heavy (non-hydrogen) atoms. The van der Waals surface area contributed by atoms with Crippen LogP contribution in [0.3, 0.4) is 0 Å². The molecule has 0 unspecified atom stereocenters. The first-order chi connectivity index (χ1) is 15.7. The average molecular weight is 457 g/mol. The zero-order valence-corrected chi connectivity index (χ0v) is 19.0. The molecule has 1 saturated carbocycles. The molecule has 2 aromatic heterocycles. The number of ether oxygens (including phenoxy) is 2. The van der Waals surface area contributed by atoms with Crippen molar-refractivity contribution in [1.29, 1.82) is 0 Å². The zero-order valence-electron chi connectivity index (χ0n) is 18.2. The number of thioether (sulfide) groups is 1. The SMILES string of the molecule is COc1ccccc1OCc1nnc(SCC(=O)NC2CCCCC2)n1Cc1ccco1. The molecule has 0 saturated heterocycles. The Balaban J connectivity index is 1.43. The minimum atomic E-state index is 0.0290. The van der Waals surface area contributed by atoms with Gasteiger partial charge in [0.25, 0.3) is 0 Å². The van der Waals surface area contributed by atoms with Crippen LogP contribution in [-0.4, -0.2) is 39.6 Å². The lowest BCUT2D eigenvalue weighted by molar-refractivity contribution is -0.119. The molecule has 0 atom stereocenters. The van der Waals surface area contributed by atoms with E-state index in [2.05, 4.69) is 15.5 Å². The van der Waals surface area contributed by atoms with E-state index in [1.807, 2.05) is 41.0 Å². The number of hydrogen-bond acceptors (Lipinski definition) is 7. The number of carbonyl (C=O) groups is 1. The first kappa shape index (κ1) is 22.3. The van der Waals surface area contributed by atoms with Crippen molar-refractivity contribution in [2.45, 2.75) is 56.5 Å². The topological polar surface area (TPSA) is 91.4 Å². The third-order valence-electron chi connectivity index (χ3n) is 5.42. The van der Waals surface area contributed by atoms with Crippen LogP contribution in [0.25, 0.3) is 0 Å². The number of para-hydroxylation sites is 2. The molecule has 0 radical (unpaired) electrons. The molecule has 3 aromatic rings. The van der Waals surface area contributed by atoms with E-state index in [0.29, 0.717) is 40.8 Å². The van der Waals surface area contributed by atoms with Gasteiger partial charge in [-0.2, -0.15) is 0 Å². The lowest BCUT2D eigenvalue weighted by Crippen LogP contribution is -2.37. The second-order valence-corrected chi connectivity index (χ2v) is 8.64. The Hall–Kier alpha value is -2.94. The van der Waals surface area contributed by atoms with Gasteiger partial charge in [-0.05, 0) is 37.1 Å². The summed E-state index contributed by atoms with van der Waals surface area (Å²) >= 11 is 1.37. The highest BCUT2D eigenvalue weighted by molar-refractivity contribution is 7.99. The molecule has 170 valence electrons. The van der Waals surface area contributed by atoms with Crippen LogP contribution in [-0.2, 0) is 17.9 Å². The molecule has 1 aliphatic rings. The van der Waals surface area contributed by atoms with Gasteiger partial charge in [0, 0.05) is 6.04 Å². The lowest BCUT2D eigenvalue weighted by atomic mass is 9.95. The van der Waals surface area contributed by atoms with Gasteiger partial charge in [0.05, 0.1) is 25.7 Å². The highest BCUT2D eigenvalue weighted by Gasteiger charge is 2.19. The zero-order chi connectivity index (χ0) is 22.2. The maximum absolute atomic E-state index is 12.5. The van der Waals surface area contributed by atoms with Crippen LogP contribution in [0.1, 0.15) is 43.7 Å². The number of methoxy groups -OCH3 is 1. The molecule has 2 heterocycles. The Morgan fingerprint density at radius 2 is 1.97 bits per heavy atom. The fourth-order valence-electron chi connectivity index (χ4n) is 3.78. The standard InChI is InChI=1S/C23H28N4O4S/c1-29-19-11-5-6-12-20(19)31-15-21-25-26-23(27(21)14-18-10-7-13-30-18)32-16-22(28)24-17-8-3-2-4-9-17/h5-7,10-13,17H,2-4,8-9,14-16H2,1H3,(H,24,28). The maximum atomic E-state index is 12.5. The first-order valence-electron chi connectivity index (χ1n) is 10.9. The fourth-order valence-corrected chi connectivity index (χ4v) is 4.54. The Kier molecular flexibility index (Phi) is 7.71. The monoisotopic (exact) mass is 456 g/mol. The molecule has 1 aliphatic carbocycles. The molecule has 0 spiro atoms. The summed E-state index contributed by atoms with van der Waals surface area (Å²) in [6, 6.07) is 11.5. The van der Waals surface area contributed by atoms with Crippen molar-refractivity contribution in [1.82, 2.24) is 20.1 Å². The van der Waals surface area contributed by atoms with Crippen molar-refractivity contribution in [2.75, 3.05) is 12.9 Å². The molecule has 1 N–H and O–H groups in total.